The number of carbonyl (C=O) groups is 2. The van der Waals surface area contributed by atoms with Gasteiger partial charge in [-0.05, 0) is 61.0 Å². The molecule has 0 atom stereocenters. The van der Waals surface area contributed by atoms with E-state index in [1.165, 1.54) is 19.1 Å². The number of amides is 2. The van der Waals surface area contributed by atoms with Gasteiger partial charge in [0.25, 0.3) is 11.8 Å². The van der Waals surface area contributed by atoms with Gasteiger partial charge >= 0.3 is 6.36 Å². The van der Waals surface area contributed by atoms with Crippen molar-refractivity contribution in [3.05, 3.63) is 82.9 Å². The van der Waals surface area contributed by atoms with E-state index in [4.69, 9.17) is 10.5 Å². The van der Waals surface area contributed by atoms with Crippen LogP contribution in [0, 0.1) is 18.6 Å². The van der Waals surface area contributed by atoms with Crippen molar-refractivity contribution in [3.8, 4) is 17.2 Å². The Morgan fingerprint density at radius 3 is 2.18 bits per heavy atom. The normalized spacial score (nSPS) is 11.1. The zero-order valence-corrected chi connectivity index (χ0v) is 16.8. The fourth-order valence-corrected chi connectivity index (χ4v) is 2.78. The summed E-state index contributed by atoms with van der Waals surface area (Å²) in [5, 5.41) is 2.33. The largest absolute Gasteiger partial charge is 0.573 e. The van der Waals surface area contributed by atoms with Crippen molar-refractivity contribution in [2.24, 2.45) is 5.73 Å². The van der Waals surface area contributed by atoms with Crippen LogP contribution in [0.3, 0.4) is 0 Å². The first kappa shape index (κ1) is 23.5. The van der Waals surface area contributed by atoms with E-state index in [0.717, 1.165) is 42.5 Å². The van der Waals surface area contributed by atoms with Crippen LogP contribution in [0.1, 0.15) is 26.3 Å². The zero-order valence-electron chi connectivity index (χ0n) is 16.8. The highest BCUT2D eigenvalue weighted by molar-refractivity contribution is 6.07. The Labute approximate surface area is 183 Å². The second-order valence-electron chi connectivity index (χ2n) is 6.70. The molecule has 3 aromatic rings. The number of anilines is 1. The number of nitrogens with two attached hydrogens (primary N) is 1. The molecule has 0 spiro atoms. The predicted molar refractivity (Wildman–Crippen MR) is 107 cm³/mol. The fourth-order valence-electron chi connectivity index (χ4n) is 2.78. The Balaban J connectivity index is 1.89. The summed E-state index contributed by atoms with van der Waals surface area (Å²) in [5.74, 6) is -4.59. The lowest BCUT2D eigenvalue weighted by Gasteiger charge is -2.15. The molecule has 0 unspecified atom stereocenters. The minimum atomic E-state index is -4.87. The van der Waals surface area contributed by atoms with Crippen LogP contribution < -0.4 is 20.5 Å². The van der Waals surface area contributed by atoms with Gasteiger partial charge in [0.1, 0.15) is 34.4 Å². The molecule has 0 fully saturated rings. The molecule has 172 valence electrons. The van der Waals surface area contributed by atoms with E-state index in [1.807, 2.05) is 0 Å². The van der Waals surface area contributed by atoms with Crippen LogP contribution >= 0.6 is 0 Å². The molecule has 0 radical (unpaired) electrons. The summed E-state index contributed by atoms with van der Waals surface area (Å²) in [6.45, 7) is 1.41. The van der Waals surface area contributed by atoms with Crippen LogP contribution in [0.15, 0.2) is 54.6 Å². The van der Waals surface area contributed by atoms with Crippen molar-refractivity contribution in [1.29, 1.82) is 0 Å². The van der Waals surface area contributed by atoms with Crippen LogP contribution in [0.2, 0.25) is 0 Å². The molecule has 0 aromatic heterocycles. The first-order chi connectivity index (χ1) is 15.4. The summed E-state index contributed by atoms with van der Waals surface area (Å²) < 4.78 is 74.6. The Morgan fingerprint density at radius 1 is 0.939 bits per heavy atom. The Morgan fingerprint density at radius 2 is 1.58 bits per heavy atom. The van der Waals surface area contributed by atoms with Crippen LogP contribution in [0.5, 0.6) is 17.2 Å². The lowest BCUT2D eigenvalue weighted by atomic mass is 10.1. The summed E-state index contributed by atoms with van der Waals surface area (Å²) >= 11 is 0. The molecule has 0 aliphatic carbocycles. The van der Waals surface area contributed by atoms with Crippen molar-refractivity contribution in [2.45, 2.75) is 13.3 Å². The standard InChI is InChI=1S/C22H15F5N2O4/c1-11-2-9-17(32-13-4-6-14(7-5-13)33-22(25,26)27)18(19(11)24)21(31)29-12-3-8-16(23)15(10-12)20(28)30/h2-10H,1H3,(H2,28,30)(H,29,31). The average Bonchev–Trinajstić information content (AvgIpc) is 2.72. The van der Waals surface area contributed by atoms with E-state index in [9.17, 15) is 31.5 Å². The van der Waals surface area contributed by atoms with Crippen molar-refractivity contribution in [2.75, 3.05) is 5.32 Å². The van der Waals surface area contributed by atoms with Gasteiger partial charge in [0.05, 0.1) is 5.56 Å². The highest BCUT2D eigenvalue weighted by atomic mass is 19.4. The number of halogens is 5. The van der Waals surface area contributed by atoms with Gasteiger partial charge in [-0.25, -0.2) is 8.78 Å². The van der Waals surface area contributed by atoms with Gasteiger partial charge in [-0.1, -0.05) is 6.07 Å². The number of aryl methyl sites for hydroxylation is 1. The minimum Gasteiger partial charge on any atom is -0.456 e. The van der Waals surface area contributed by atoms with Crippen molar-refractivity contribution < 1.29 is 41.0 Å². The lowest BCUT2D eigenvalue weighted by molar-refractivity contribution is -0.274. The molecule has 0 bridgehead atoms. The molecular formula is C22H15F5N2O4. The molecule has 6 nitrogen and oxygen atoms in total. The second kappa shape index (κ2) is 9.15. The summed E-state index contributed by atoms with van der Waals surface area (Å²) in [5.41, 5.74) is 4.16. The van der Waals surface area contributed by atoms with Gasteiger partial charge in [0, 0.05) is 5.69 Å². The molecular weight excluding hydrogens is 451 g/mol. The first-order valence-electron chi connectivity index (χ1n) is 9.18. The number of hydrogen-bond acceptors (Lipinski definition) is 4. The molecule has 33 heavy (non-hydrogen) atoms. The van der Waals surface area contributed by atoms with E-state index in [-0.39, 0.29) is 22.7 Å². The molecule has 0 aliphatic rings. The van der Waals surface area contributed by atoms with Crippen molar-refractivity contribution in [1.82, 2.24) is 0 Å². The highest BCUT2D eigenvalue weighted by Crippen LogP contribution is 2.32. The number of hydrogen-bond donors (Lipinski definition) is 2. The van der Waals surface area contributed by atoms with E-state index in [1.54, 1.807) is 0 Å². The smallest absolute Gasteiger partial charge is 0.456 e. The van der Waals surface area contributed by atoms with Crippen LogP contribution in [-0.4, -0.2) is 18.2 Å². The van der Waals surface area contributed by atoms with E-state index in [0.29, 0.717) is 0 Å². The molecule has 3 rings (SSSR count). The van der Waals surface area contributed by atoms with Gasteiger partial charge in [-0.3, -0.25) is 9.59 Å². The average molecular weight is 466 g/mol. The Kier molecular flexibility index (Phi) is 6.52. The molecule has 11 heteroatoms. The Hall–Kier alpha value is -4.15. The third-order valence-corrected chi connectivity index (χ3v) is 4.30. The number of alkyl halides is 3. The molecule has 0 saturated heterocycles. The number of rotatable bonds is 6. The van der Waals surface area contributed by atoms with Crippen molar-refractivity contribution in [3.63, 3.8) is 0 Å². The SMILES string of the molecule is Cc1ccc(Oc2ccc(OC(F)(F)F)cc2)c(C(=O)Nc2ccc(F)c(C(N)=O)c2)c1F. The number of carbonyl (C=O) groups excluding carboxylic acids is 2. The fraction of sp³-hybridized carbons (Fsp3) is 0.0909. The number of benzene rings is 3. The summed E-state index contributed by atoms with van der Waals surface area (Å²) in [6, 6.07) is 9.92. The van der Waals surface area contributed by atoms with Gasteiger partial charge < -0.3 is 20.5 Å². The van der Waals surface area contributed by atoms with E-state index in [2.05, 4.69) is 10.1 Å². The maximum atomic E-state index is 14.8. The van der Waals surface area contributed by atoms with Gasteiger partial charge in [0.2, 0.25) is 0 Å². The lowest BCUT2D eigenvalue weighted by Crippen LogP contribution is -2.18. The van der Waals surface area contributed by atoms with Crippen LogP contribution in [0.25, 0.3) is 0 Å². The molecule has 0 aliphatic heterocycles. The molecule has 0 heterocycles. The Bertz CT molecular complexity index is 1210. The third-order valence-electron chi connectivity index (χ3n) is 4.30. The van der Waals surface area contributed by atoms with E-state index >= 15 is 0 Å². The zero-order chi connectivity index (χ0) is 24.3. The maximum Gasteiger partial charge on any atom is 0.573 e. The predicted octanol–water partition coefficient (Wildman–Crippen LogP) is 5.32. The van der Waals surface area contributed by atoms with Crippen LogP contribution in [0.4, 0.5) is 27.6 Å². The van der Waals surface area contributed by atoms with E-state index < -0.39 is 46.7 Å². The topological polar surface area (TPSA) is 90.7 Å². The summed E-state index contributed by atoms with van der Waals surface area (Å²) in [6.07, 6.45) is -4.87. The third kappa shape index (κ3) is 5.76. The molecule has 0 saturated carbocycles. The monoisotopic (exact) mass is 466 g/mol. The van der Waals surface area contributed by atoms with Crippen LogP contribution in [-0.2, 0) is 0 Å². The number of nitrogens with one attached hydrogen (secondary N) is 1. The van der Waals surface area contributed by atoms with Gasteiger partial charge in [-0.15, -0.1) is 13.2 Å². The first-order valence-corrected chi connectivity index (χ1v) is 9.18. The minimum absolute atomic E-state index is 0.000348. The van der Waals surface area contributed by atoms with Gasteiger partial charge in [0.15, 0.2) is 0 Å². The van der Waals surface area contributed by atoms with Crippen molar-refractivity contribution >= 4 is 17.5 Å². The number of primary amides is 1. The summed E-state index contributed by atoms with van der Waals surface area (Å²) in [4.78, 5) is 24.1. The number of ether oxygens (including phenoxy) is 2. The summed E-state index contributed by atoms with van der Waals surface area (Å²) in [7, 11) is 0. The quantitative estimate of drug-likeness (QED) is 0.482. The van der Waals surface area contributed by atoms with Gasteiger partial charge in [-0.2, -0.15) is 0 Å². The molecule has 3 N–H and O–H groups in total. The molecule has 2 amide bonds. The second-order valence-corrected chi connectivity index (χ2v) is 6.70. The molecule has 3 aromatic carbocycles. The highest BCUT2D eigenvalue weighted by Gasteiger charge is 2.31. The maximum absolute atomic E-state index is 14.8.